The van der Waals surface area contributed by atoms with Crippen molar-refractivity contribution in [2.45, 2.75) is 39.9 Å². The predicted molar refractivity (Wildman–Crippen MR) is 67.5 cm³/mol. The number of rotatable bonds is 4. The van der Waals surface area contributed by atoms with E-state index in [4.69, 9.17) is 21.1 Å². The molecule has 0 bridgehead atoms. The summed E-state index contributed by atoms with van der Waals surface area (Å²) in [5.74, 6) is 0.275. The Morgan fingerprint density at radius 3 is 2.47 bits per heavy atom. The van der Waals surface area contributed by atoms with Gasteiger partial charge in [0.1, 0.15) is 5.75 Å². The molecule has 0 fully saturated rings. The Balaban J connectivity index is 2.67. The van der Waals surface area contributed by atoms with Crippen LogP contribution in [0.5, 0.6) is 5.75 Å². The van der Waals surface area contributed by atoms with Gasteiger partial charge >= 0.3 is 5.97 Å². The molecule has 1 aromatic rings. The Labute approximate surface area is 107 Å². The summed E-state index contributed by atoms with van der Waals surface area (Å²) in [5, 5.41) is 0.646. The molecule has 1 atom stereocenters. The highest BCUT2D eigenvalue weighted by atomic mass is 35.5. The lowest BCUT2D eigenvalue weighted by atomic mass is 10.2. The summed E-state index contributed by atoms with van der Waals surface area (Å²) in [6.45, 7) is 7.15. The van der Waals surface area contributed by atoms with Gasteiger partial charge in [-0.1, -0.05) is 11.6 Å². The molecule has 1 rings (SSSR count). The second-order valence-corrected chi connectivity index (χ2v) is 4.59. The molecule has 4 heteroatoms. The lowest BCUT2D eigenvalue weighted by Crippen LogP contribution is -2.28. The second kappa shape index (κ2) is 5.92. The number of benzene rings is 1. The molecule has 17 heavy (non-hydrogen) atoms. The van der Waals surface area contributed by atoms with E-state index in [9.17, 15) is 4.79 Å². The van der Waals surface area contributed by atoms with Crippen LogP contribution < -0.4 is 4.74 Å². The topological polar surface area (TPSA) is 35.5 Å². The SMILES string of the molecule is Cc1cc(Cl)ccc1O[C@@H](C)C(=O)OC(C)C. The summed E-state index contributed by atoms with van der Waals surface area (Å²) in [5.41, 5.74) is 0.890. The fraction of sp³-hybridized carbons (Fsp3) is 0.462. The number of carbonyl (C=O) groups is 1. The third-order valence-corrected chi connectivity index (χ3v) is 2.36. The van der Waals surface area contributed by atoms with Crippen molar-refractivity contribution in [2.24, 2.45) is 0 Å². The van der Waals surface area contributed by atoms with E-state index in [1.54, 1.807) is 39.0 Å². The van der Waals surface area contributed by atoms with E-state index in [-0.39, 0.29) is 12.1 Å². The molecular weight excluding hydrogens is 240 g/mol. The largest absolute Gasteiger partial charge is 0.479 e. The molecule has 0 aliphatic rings. The van der Waals surface area contributed by atoms with Crippen LogP contribution in [0.3, 0.4) is 0 Å². The molecule has 0 aliphatic heterocycles. The number of halogens is 1. The highest BCUT2D eigenvalue weighted by Crippen LogP contribution is 2.23. The minimum Gasteiger partial charge on any atom is -0.479 e. The van der Waals surface area contributed by atoms with E-state index in [0.29, 0.717) is 10.8 Å². The molecule has 0 saturated heterocycles. The van der Waals surface area contributed by atoms with Gasteiger partial charge in [-0.15, -0.1) is 0 Å². The minimum atomic E-state index is -0.628. The van der Waals surface area contributed by atoms with Crippen LogP contribution in [0.2, 0.25) is 5.02 Å². The van der Waals surface area contributed by atoms with Crippen LogP contribution in [0.4, 0.5) is 0 Å². The predicted octanol–water partition coefficient (Wildman–Crippen LogP) is 3.37. The van der Waals surface area contributed by atoms with Gasteiger partial charge < -0.3 is 9.47 Å². The molecule has 0 radical (unpaired) electrons. The molecule has 0 amide bonds. The lowest BCUT2D eigenvalue weighted by molar-refractivity contribution is -0.154. The van der Waals surface area contributed by atoms with Gasteiger partial charge in [-0.2, -0.15) is 0 Å². The molecule has 0 unspecified atom stereocenters. The molecule has 94 valence electrons. The minimum absolute atomic E-state index is 0.139. The second-order valence-electron chi connectivity index (χ2n) is 4.16. The van der Waals surface area contributed by atoms with Gasteiger partial charge in [0.25, 0.3) is 0 Å². The van der Waals surface area contributed by atoms with Crippen molar-refractivity contribution in [3.8, 4) is 5.75 Å². The first-order valence-corrected chi connectivity index (χ1v) is 5.91. The van der Waals surface area contributed by atoms with Crippen LogP contribution in [0.25, 0.3) is 0 Å². The maximum absolute atomic E-state index is 11.6. The Morgan fingerprint density at radius 1 is 1.29 bits per heavy atom. The van der Waals surface area contributed by atoms with E-state index < -0.39 is 6.10 Å². The summed E-state index contributed by atoms with van der Waals surface area (Å²) in [7, 11) is 0. The first-order valence-electron chi connectivity index (χ1n) is 5.53. The van der Waals surface area contributed by atoms with Crippen LogP contribution in [0, 0.1) is 6.92 Å². The van der Waals surface area contributed by atoms with Crippen LogP contribution in [0.15, 0.2) is 18.2 Å². The first-order chi connectivity index (χ1) is 7.90. The van der Waals surface area contributed by atoms with Crippen molar-refractivity contribution < 1.29 is 14.3 Å². The molecule has 3 nitrogen and oxygen atoms in total. The molecule has 1 aromatic carbocycles. The Hall–Kier alpha value is -1.22. The Kier molecular flexibility index (Phi) is 4.82. The number of hydrogen-bond acceptors (Lipinski definition) is 3. The van der Waals surface area contributed by atoms with Gasteiger partial charge in [0.05, 0.1) is 6.10 Å². The normalized spacial score (nSPS) is 12.4. The molecule has 0 heterocycles. The van der Waals surface area contributed by atoms with Gasteiger partial charge in [0.2, 0.25) is 0 Å². The van der Waals surface area contributed by atoms with Crippen LogP contribution in [0.1, 0.15) is 26.3 Å². The number of carbonyl (C=O) groups excluding carboxylic acids is 1. The smallest absolute Gasteiger partial charge is 0.347 e. The maximum Gasteiger partial charge on any atom is 0.347 e. The zero-order valence-corrected chi connectivity index (χ0v) is 11.2. The maximum atomic E-state index is 11.6. The van der Waals surface area contributed by atoms with Crippen molar-refractivity contribution in [2.75, 3.05) is 0 Å². The third kappa shape index (κ3) is 4.27. The average molecular weight is 257 g/mol. The Morgan fingerprint density at radius 2 is 1.94 bits per heavy atom. The monoisotopic (exact) mass is 256 g/mol. The summed E-state index contributed by atoms with van der Waals surface area (Å²) in [6, 6.07) is 5.26. The van der Waals surface area contributed by atoms with Crippen molar-refractivity contribution in [1.29, 1.82) is 0 Å². The average Bonchev–Trinajstić information content (AvgIpc) is 2.21. The molecule has 0 aromatic heterocycles. The van der Waals surface area contributed by atoms with E-state index >= 15 is 0 Å². The van der Waals surface area contributed by atoms with Crippen LogP contribution in [-0.4, -0.2) is 18.2 Å². The van der Waals surface area contributed by atoms with Crippen molar-refractivity contribution in [1.82, 2.24) is 0 Å². The quantitative estimate of drug-likeness (QED) is 0.775. The van der Waals surface area contributed by atoms with Crippen molar-refractivity contribution in [3.63, 3.8) is 0 Å². The van der Waals surface area contributed by atoms with Gasteiger partial charge in [0, 0.05) is 5.02 Å². The van der Waals surface area contributed by atoms with E-state index in [0.717, 1.165) is 5.56 Å². The number of esters is 1. The Bertz CT molecular complexity index is 402. The van der Waals surface area contributed by atoms with E-state index in [1.807, 2.05) is 6.92 Å². The first kappa shape index (κ1) is 13.8. The third-order valence-electron chi connectivity index (χ3n) is 2.12. The van der Waals surface area contributed by atoms with E-state index in [2.05, 4.69) is 0 Å². The fourth-order valence-corrected chi connectivity index (χ4v) is 1.54. The van der Waals surface area contributed by atoms with Gasteiger partial charge in [0.15, 0.2) is 6.10 Å². The molecule has 0 saturated carbocycles. The van der Waals surface area contributed by atoms with Crippen molar-refractivity contribution >= 4 is 17.6 Å². The highest BCUT2D eigenvalue weighted by Gasteiger charge is 2.18. The highest BCUT2D eigenvalue weighted by molar-refractivity contribution is 6.30. The summed E-state index contributed by atoms with van der Waals surface area (Å²) < 4.78 is 10.6. The van der Waals surface area contributed by atoms with Gasteiger partial charge in [-0.05, 0) is 51.5 Å². The van der Waals surface area contributed by atoms with Gasteiger partial charge in [-0.25, -0.2) is 4.79 Å². The number of ether oxygens (including phenoxy) is 2. The summed E-state index contributed by atoms with van der Waals surface area (Å²) in [4.78, 5) is 11.6. The zero-order valence-electron chi connectivity index (χ0n) is 10.5. The fourth-order valence-electron chi connectivity index (χ4n) is 1.31. The molecule has 0 N–H and O–H groups in total. The zero-order chi connectivity index (χ0) is 13.0. The number of aryl methyl sites for hydroxylation is 1. The van der Waals surface area contributed by atoms with Crippen LogP contribution in [-0.2, 0) is 9.53 Å². The van der Waals surface area contributed by atoms with Crippen molar-refractivity contribution in [3.05, 3.63) is 28.8 Å². The molecular formula is C13H17ClO3. The van der Waals surface area contributed by atoms with E-state index in [1.165, 1.54) is 0 Å². The standard InChI is InChI=1S/C13H17ClO3/c1-8(2)16-13(15)10(4)17-12-6-5-11(14)7-9(12)3/h5-8,10H,1-4H3/t10-/m0/s1. The lowest BCUT2D eigenvalue weighted by Gasteiger charge is -2.17. The van der Waals surface area contributed by atoms with Crippen LogP contribution >= 0.6 is 11.6 Å². The summed E-state index contributed by atoms with van der Waals surface area (Å²) in [6.07, 6.45) is -0.767. The molecule has 0 aliphatic carbocycles. The number of hydrogen-bond donors (Lipinski definition) is 0. The summed E-state index contributed by atoms with van der Waals surface area (Å²) >= 11 is 5.84. The molecule has 0 spiro atoms. The van der Waals surface area contributed by atoms with Gasteiger partial charge in [-0.3, -0.25) is 0 Å².